The third kappa shape index (κ3) is 2.66. The maximum Gasteiger partial charge on any atom is 0.240 e. The Bertz CT molecular complexity index is 558. The first kappa shape index (κ1) is 13.7. The first-order chi connectivity index (χ1) is 8.44. The van der Waals surface area contributed by atoms with Crippen molar-refractivity contribution in [1.82, 2.24) is 4.72 Å². The zero-order valence-electron chi connectivity index (χ0n) is 9.62. The van der Waals surface area contributed by atoms with Crippen molar-refractivity contribution in [3.8, 4) is 0 Å². The molecule has 18 heavy (non-hydrogen) atoms. The second-order valence-corrected chi connectivity index (χ2v) is 6.42. The van der Waals surface area contributed by atoms with E-state index in [-0.39, 0.29) is 28.1 Å². The molecule has 1 aromatic rings. The van der Waals surface area contributed by atoms with Gasteiger partial charge >= 0.3 is 0 Å². The van der Waals surface area contributed by atoms with E-state index in [1.165, 1.54) is 6.07 Å². The van der Waals surface area contributed by atoms with Crippen LogP contribution in [0.5, 0.6) is 0 Å². The molecule has 0 bridgehead atoms. The number of halogens is 2. The van der Waals surface area contributed by atoms with E-state index in [0.717, 1.165) is 25.3 Å². The summed E-state index contributed by atoms with van der Waals surface area (Å²) >= 11 is 5.69. The van der Waals surface area contributed by atoms with Crippen molar-refractivity contribution in [3.05, 3.63) is 28.5 Å². The average molecular weight is 293 g/mol. The van der Waals surface area contributed by atoms with E-state index in [4.69, 9.17) is 17.3 Å². The number of hydrogen-bond donors (Lipinski definition) is 2. The van der Waals surface area contributed by atoms with E-state index in [1.807, 2.05) is 0 Å². The smallest absolute Gasteiger partial charge is 0.240 e. The number of benzene rings is 1. The molecule has 1 aliphatic rings. The van der Waals surface area contributed by atoms with Crippen LogP contribution in [0.1, 0.15) is 24.8 Å². The van der Waals surface area contributed by atoms with E-state index in [9.17, 15) is 12.8 Å². The summed E-state index contributed by atoms with van der Waals surface area (Å²) < 4.78 is 40.1. The van der Waals surface area contributed by atoms with Gasteiger partial charge in [-0.25, -0.2) is 17.5 Å². The lowest BCUT2D eigenvalue weighted by Gasteiger charge is -2.26. The third-order valence-electron chi connectivity index (χ3n) is 3.03. The molecule has 2 rings (SSSR count). The number of hydrogen-bond acceptors (Lipinski definition) is 3. The largest absolute Gasteiger partial charge is 0.326 e. The standard InChI is InChI=1S/C11H14ClFN2O2S/c12-11-7(6-14)4-9(5-10(11)13)18(16,17)15-8-2-1-3-8/h4-5,8,15H,1-3,6,14H2. The Morgan fingerprint density at radius 1 is 1.44 bits per heavy atom. The molecule has 0 aromatic heterocycles. The normalized spacial score (nSPS) is 16.6. The van der Waals surface area contributed by atoms with E-state index in [1.54, 1.807) is 0 Å². The highest BCUT2D eigenvalue weighted by Gasteiger charge is 2.25. The Morgan fingerprint density at radius 3 is 2.61 bits per heavy atom. The second-order valence-electron chi connectivity index (χ2n) is 4.33. The molecule has 1 fully saturated rings. The summed E-state index contributed by atoms with van der Waals surface area (Å²) in [5.41, 5.74) is 5.69. The van der Waals surface area contributed by atoms with E-state index >= 15 is 0 Å². The van der Waals surface area contributed by atoms with Crippen molar-refractivity contribution >= 4 is 21.6 Å². The van der Waals surface area contributed by atoms with E-state index in [0.29, 0.717) is 0 Å². The van der Waals surface area contributed by atoms with Crippen molar-refractivity contribution in [3.63, 3.8) is 0 Å². The summed E-state index contributed by atoms with van der Waals surface area (Å²) in [5.74, 6) is -0.770. The van der Waals surface area contributed by atoms with Crippen molar-refractivity contribution in [2.75, 3.05) is 0 Å². The minimum atomic E-state index is -3.70. The number of rotatable bonds is 4. The number of sulfonamides is 1. The summed E-state index contributed by atoms with van der Waals surface area (Å²) in [6, 6.07) is 2.18. The molecule has 0 radical (unpaired) electrons. The fraction of sp³-hybridized carbons (Fsp3) is 0.455. The van der Waals surface area contributed by atoms with Crippen LogP contribution >= 0.6 is 11.6 Å². The third-order valence-corrected chi connectivity index (χ3v) is 4.96. The Kier molecular flexibility index (Phi) is 3.91. The van der Waals surface area contributed by atoms with Crippen molar-refractivity contribution in [2.45, 2.75) is 36.7 Å². The number of nitrogens with one attached hydrogen (secondary N) is 1. The molecule has 0 saturated heterocycles. The summed E-state index contributed by atoms with van der Waals surface area (Å²) in [5, 5.41) is -0.125. The van der Waals surface area contributed by atoms with Gasteiger partial charge < -0.3 is 5.73 Å². The Labute approximate surface area is 110 Å². The first-order valence-corrected chi connectivity index (χ1v) is 7.50. The summed E-state index contributed by atoms with van der Waals surface area (Å²) in [6.07, 6.45) is 2.65. The minimum absolute atomic E-state index is 0.0114. The summed E-state index contributed by atoms with van der Waals surface area (Å²) in [4.78, 5) is -0.128. The van der Waals surface area contributed by atoms with Gasteiger partial charge in [0.1, 0.15) is 5.82 Å². The second kappa shape index (κ2) is 5.13. The molecule has 0 atom stereocenters. The van der Waals surface area contributed by atoms with Crippen molar-refractivity contribution < 1.29 is 12.8 Å². The minimum Gasteiger partial charge on any atom is -0.326 e. The topological polar surface area (TPSA) is 72.2 Å². The Balaban J connectivity index is 2.34. The molecular formula is C11H14ClFN2O2S. The van der Waals surface area contributed by atoms with Gasteiger partial charge in [0.25, 0.3) is 0 Å². The highest BCUT2D eigenvalue weighted by Crippen LogP contribution is 2.26. The molecular weight excluding hydrogens is 279 g/mol. The molecule has 1 aliphatic carbocycles. The van der Waals surface area contributed by atoms with Gasteiger partial charge in [0.2, 0.25) is 10.0 Å². The van der Waals surface area contributed by atoms with Crippen LogP contribution in [0.15, 0.2) is 17.0 Å². The molecule has 0 aliphatic heterocycles. The van der Waals surface area contributed by atoms with Crippen LogP contribution in [0.4, 0.5) is 4.39 Å². The van der Waals surface area contributed by atoms with Crippen LogP contribution in [0, 0.1) is 5.82 Å². The highest BCUT2D eigenvalue weighted by atomic mass is 35.5. The highest BCUT2D eigenvalue weighted by molar-refractivity contribution is 7.89. The summed E-state index contributed by atoms with van der Waals surface area (Å²) in [7, 11) is -3.70. The van der Waals surface area contributed by atoms with E-state index in [2.05, 4.69) is 4.72 Å². The fourth-order valence-electron chi connectivity index (χ4n) is 1.74. The quantitative estimate of drug-likeness (QED) is 0.888. The molecule has 1 aromatic carbocycles. The van der Waals surface area contributed by atoms with Gasteiger partial charge in [0.15, 0.2) is 0 Å². The van der Waals surface area contributed by atoms with Crippen LogP contribution in [0.25, 0.3) is 0 Å². The monoisotopic (exact) mass is 292 g/mol. The molecule has 100 valence electrons. The molecule has 0 spiro atoms. The maximum atomic E-state index is 13.5. The molecule has 0 heterocycles. The molecule has 3 N–H and O–H groups in total. The maximum absolute atomic E-state index is 13.5. The van der Waals surface area contributed by atoms with Gasteiger partial charge in [-0.1, -0.05) is 18.0 Å². The first-order valence-electron chi connectivity index (χ1n) is 5.64. The van der Waals surface area contributed by atoms with E-state index < -0.39 is 15.8 Å². The van der Waals surface area contributed by atoms with Gasteiger partial charge in [0.05, 0.1) is 9.92 Å². The predicted octanol–water partition coefficient (Wildman–Crippen LogP) is 1.77. The fourth-order valence-corrected chi connectivity index (χ4v) is 3.29. The molecule has 0 unspecified atom stereocenters. The molecule has 4 nitrogen and oxygen atoms in total. The lowest BCUT2D eigenvalue weighted by atomic mass is 9.94. The van der Waals surface area contributed by atoms with Crippen molar-refractivity contribution in [2.24, 2.45) is 5.73 Å². The van der Waals surface area contributed by atoms with Gasteiger partial charge in [-0.15, -0.1) is 0 Å². The van der Waals surface area contributed by atoms with Crippen LogP contribution in [-0.2, 0) is 16.6 Å². The lowest BCUT2D eigenvalue weighted by molar-refractivity contribution is 0.383. The zero-order valence-corrected chi connectivity index (χ0v) is 11.2. The zero-order chi connectivity index (χ0) is 13.3. The van der Waals surface area contributed by atoms with Crippen LogP contribution in [0.2, 0.25) is 5.02 Å². The lowest BCUT2D eigenvalue weighted by Crippen LogP contribution is -2.39. The van der Waals surface area contributed by atoms with Crippen LogP contribution < -0.4 is 10.5 Å². The van der Waals surface area contributed by atoms with Gasteiger partial charge in [0, 0.05) is 12.6 Å². The van der Waals surface area contributed by atoms with Crippen LogP contribution in [-0.4, -0.2) is 14.5 Å². The van der Waals surface area contributed by atoms with Crippen molar-refractivity contribution in [1.29, 1.82) is 0 Å². The van der Waals surface area contributed by atoms with Gasteiger partial charge in [-0.3, -0.25) is 0 Å². The average Bonchev–Trinajstić information content (AvgIpc) is 2.27. The number of nitrogens with two attached hydrogens (primary N) is 1. The molecule has 1 saturated carbocycles. The Morgan fingerprint density at radius 2 is 2.11 bits per heavy atom. The van der Waals surface area contributed by atoms with Gasteiger partial charge in [-0.05, 0) is 30.5 Å². The van der Waals surface area contributed by atoms with Crippen LogP contribution in [0.3, 0.4) is 0 Å². The summed E-state index contributed by atoms with van der Waals surface area (Å²) in [6.45, 7) is -0.0114. The molecule has 0 amide bonds. The van der Waals surface area contributed by atoms with Gasteiger partial charge in [-0.2, -0.15) is 0 Å². The Hall–Kier alpha value is -0.690. The SMILES string of the molecule is NCc1cc(S(=O)(=O)NC2CCC2)cc(F)c1Cl. The molecule has 7 heteroatoms. The predicted molar refractivity (Wildman–Crippen MR) is 67.3 cm³/mol.